The van der Waals surface area contributed by atoms with Gasteiger partial charge in [0, 0.05) is 36.7 Å². The Morgan fingerprint density at radius 3 is 2.94 bits per heavy atom. The van der Waals surface area contributed by atoms with Crippen molar-refractivity contribution >= 4 is 0 Å². The van der Waals surface area contributed by atoms with E-state index in [-0.39, 0.29) is 0 Å². The summed E-state index contributed by atoms with van der Waals surface area (Å²) in [6.45, 7) is 3.40. The van der Waals surface area contributed by atoms with Crippen LogP contribution in [0.5, 0.6) is 5.88 Å². The number of aromatic nitrogens is 3. The molecule has 5 heteroatoms. The zero-order valence-electron chi connectivity index (χ0n) is 10.0. The van der Waals surface area contributed by atoms with Crippen molar-refractivity contribution in [2.45, 2.75) is 20.0 Å². The maximum Gasteiger partial charge on any atom is 0.217 e. The third-order valence-corrected chi connectivity index (χ3v) is 2.43. The normalized spacial score (nSPS) is 10.5. The van der Waals surface area contributed by atoms with Gasteiger partial charge in [0.05, 0.1) is 7.11 Å². The highest BCUT2D eigenvalue weighted by atomic mass is 16.5. The molecule has 90 valence electrons. The van der Waals surface area contributed by atoms with Crippen LogP contribution in [0.2, 0.25) is 0 Å². The Balaban J connectivity index is 1.89. The summed E-state index contributed by atoms with van der Waals surface area (Å²) in [5.74, 6) is 1.60. The van der Waals surface area contributed by atoms with Gasteiger partial charge >= 0.3 is 0 Å². The maximum absolute atomic E-state index is 5.18. The zero-order valence-corrected chi connectivity index (χ0v) is 10.0. The number of hydrogen-bond acceptors (Lipinski definition) is 4. The van der Waals surface area contributed by atoms with E-state index in [1.54, 1.807) is 13.3 Å². The highest BCUT2D eigenvalue weighted by molar-refractivity contribution is 5.25. The van der Waals surface area contributed by atoms with E-state index in [1.165, 1.54) is 0 Å². The Hall–Kier alpha value is -1.88. The van der Waals surface area contributed by atoms with Gasteiger partial charge in [-0.2, -0.15) is 0 Å². The summed E-state index contributed by atoms with van der Waals surface area (Å²) in [7, 11) is 1.63. The Kier molecular flexibility index (Phi) is 3.72. The molecular formula is C12H16N4O. The number of aromatic amines is 1. The molecule has 0 unspecified atom stereocenters. The molecule has 2 rings (SSSR count). The minimum Gasteiger partial charge on any atom is -0.481 e. The molecule has 17 heavy (non-hydrogen) atoms. The van der Waals surface area contributed by atoms with Crippen molar-refractivity contribution in [3.05, 3.63) is 41.6 Å². The predicted molar refractivity (Wildman–Crippen MR) is 64.7 cm³/mol. The topological polar surface area (TPSA) is 62.8 Å². The Morgan fingerprint density at radius 1 is 1.35 bits per heavy atom. The number of pyridine rings is 1. The van der Waals surface area contributed by atoms with Gasteiger partial charge in [0.2, 0.25) is 5.88 Å². The van der Waals surface area contributed by atoms with E-state index in [1.807, 2.05) is 25.3 Å². The molecule has 2 aromatic heterocycles. The molecule has 0 atom stereocenters. The first-order valence-electron chi connectivity index (χ1n) is 5.48. The van der Waals surface area contributed by atoms with Gasteiger partial charge in [-0.3, -0.25) is 0 Å². The molecule has 0 saturated carbocycles. The first-order chi connectivity index (χ1) is 8.29. The average molecular weight is 232 g/mol. The van der Waals surface area contributed by atoms with Crippen molar-refractivity contribution in [2.24, 2.45) is 0 Å². The Bertz CT molecular complexity index is 481. The van der Waals surface area contributed by atoms with E-state index in [9.17, 15) is 0 Å². The molecule has 2 aromatic rings. The fourth-order valence-corrected chi connectivity index (χ4v) is 1.64. The largest absolute Gasteiger partial charge is 0.481 e. The van der Waals surface area contributed by atoms with Crippen molar-refractivity contribution in [1.82, 2.24) is 20.3 Å². The van der Waals surface area contributed by atoms with Crippen LogP contribution in [0.4, 0.5) is 0 Å². The molecule has 5 nitrogen and oxygen atoms in total. The second-order valence-corrected chi connectivity index (χ2v) is 3.77. The molecule has 0 radical (unpaired) electrons. The van der Waals surface area contributed by atoms with Crippen LogP contribution in [0, 0.1) is 6.92 Å². The lowest BCUT2D eigenvalue weighted by atomic mass is 10.2. The number of methoxy groups -OCH3 is 1. The Labute approximate surface area is 100 Å². The van der Waals surface area contributed by atoms with Crippen LogP contribution >= 0.6 is 0 Å². The van der Waals surface area contributed by atoms with E-state index in [4.69, 9.17) is 4.74 Å². The molecule has 0 fully saturated rings. The van der Waals surface area contributed by atoms with Crippen molar-refractivity contribution in [3.8, 4) is 5.88 Å². The zero-order chi connectivity index (χ0) is 12.1. The van der Waals surface area contributed by atoms with Crippen LogP contribution in [0.1, 0.15) is 17.1 Å². The fourth-order valence-electron chi connectivity index (χ4n) is 1.64. The molecular weight excluding hydrogens is 216 g/mol. The van der Waals surface area contributed by atoms with Crippen LogP contribution in [0.25, 0.3) is 0 Å². The first kappa shape index (κ1) is 11.6. The van der Waals surface area contributed by atoms with Gasteiger partial charge in [-0.15, -0.1) is 0 Å². The molecule has 2 heterocycles. The molecule has 0 aliphatic heterocycles. The van der Waals surface area contributed by atoms with Crippen LogP contribution in [0.15, 0.2) is 24.5 Å². The molecule has 0 aromatic carbocycles. The number of imidazole rings is 1. The summed E-state index contributed by atoms with van der Waals surface area (Å²) in [4.78, 5) is 11.5. The smallest absolute Gasteiger partial charge is 0.217 e. The summed E-state index contributed by atoms with van der Waals surface area (Å²) in [5, 5.41) is 3.31. The van der Waals surface area contributed by atoms with Gasteiger partial charge < -0.3 is 15.0 Å². The summed E-state index contributed by atoms with van der Waals surface area (Å²) in [5.41, 5.74) is 2.12. The number of H-pyrrole nitrogens is 1. The van der Waals surface area contributed by atoms with Crippen LogP contribution < -0.4 is 10.1 Å². The highest BCUT2D eigenvalue weighted by Gasteiger charge is 2.02. The number of rotatable bonds is 5. The fraction of sp³-hybridized carbons (Fsp3) is 0.333. The van der Waals surface area contributed by atoms with E-state index in [0.29, 0.717) is 5.88 Å². The first-order valence-corrected chi connectivity index (χ1v) is 5.48. The molecule has 0 amide bonds. The van der Waals surface area contributed by atoms with E-state index >= 15 is 0 Å². The van der Waals surface area contributed by atoms with Crippen molar-refractivity contribution in [2.75, 3.05) is 7.11 Å². The molecule has 0 bridgehead atoms. The summed E-state index contributed by atoms with van der Waals surface area (Å²) in [6, 6.07) is 3.90. The molecule has 0 aliphatic rings. The maximum atomic E-state index is 5.18. The lowest BCUT2D eigenvalue weighted by Gasteiger charge is -2.07. The third kappa shape index (κ3) is 3.04. The quantitative estimate of drug-likeness (QED) is 0.818. The van der Waals surface area contributed by atoms with E-state index in [0.717, 1.165) is 30.2 Å². The average Bonchev–Trinajstić information content (AvgIpc) is 2.76. The summed E-state index contributed by atoms with van der Waals surface area (Å²) < 4.78 is 5.18. The summed E-state index contributed by atoms with van der Waals surface area (Å²) >= 11 is 0. The van der Waals surface area contributed by atoms with Gasteiger partial charge in [-0.25, -0.2) is 9.97 Å². The number of hydrogen-bond donors (Lipinski definition) is 2. The van der Waals surface area contributed by atoms with Gasteiger partial charge in [-0.05, 0) is 13.0 Å². The lowest BCUT2D eigenvalue weighted by Crippen LogP contribution is -2.14. The van der Waals surface area contributed by atoms with E-state index < -0.39 is 0 Å². The standard InChI is InChI=1S/C12H16N4O/c1-9-15-8-11(16-9)7-13-6-10-4-3-5-14-12(10)17-2/h3-5,8,13H,6-7H2,1-2H3,(H,15,16). The SMILES string of the molecule is COc1ncccc1CNCc1cnc(C)[nH]1. The minimum absolute atomic E-state index is 0.667. The summed E-state index contributed by atoms with van der Waals surface area (Å²) in [6.07, 6.45) is 3.56. The van der Waals surface area contributed by atoms with Crippen LogP contribution in [0.3, 0.4) is 0 Å². The third-order valence-electron chi connectivity index (χ3n) is 2.43. The lowest BCUT2D eigenvalue weighted by molar-refractivity contribution is 0.390. The second kappa shape index (κ2) is 5.45. The number of ether oxygens (including phenoxy) is 1. The second-order valence-electron chi connectivity index (χ2n) is 3.77. The minimum atomic E-state index is 0.667. The van der Waals surface area contributed by atoms with E-state index in [2.05, 4.69) is 20.3 Å². The van der Waals surface area contributed by atoms with Crippen molar-refractivity contribution < 1.29 is 4.74 Å². The van der Waals surface area contributed by atoms with Crippen LogP contribution in [-0.4, -0.2) is 22.1 Å². The van der Waals surface area contributed by atoms with Gasteiger partial charge in [0.1, 0.15) is 5.82 Å². The molecule has 0 spiro atoms. The van der Waals surface area contributed by atoms with Crippen LogP contribution in [-0.2, 0) is 13.1 Å². The number of nitrogens with zero attached hydrogens (tertiary/aromatic N) is 2. The molecule has 0 aliphatic carbocycles. The van der Waals surface area contributed by atoms with Gasteiger partial charge in [0.15, 0.2) is 0 Å². The highest BCUT2D eigenvalue weighted by Crippen LogP contribution is 2.12. The van der Waals surface area contributed by atoms with Crippen molar-refractivity contribution in [1.29, 1.82) is 0 Å². The Morgan fingerprint density at radius 2 is 2.24 bits per heavy atom. The predicted octanol–water partition coefficient (Wildman–Crippen LogP) is 1.41. The van der Waals surface area contributed by atoms with Crippen molar-refractivity contribution in [3.63, 3.8) is 0 Å². The monoisotopic (exact) mass is 232 g/mol. The molecule has 2 N–H and O–H groups in total. The van der Waals surface area contributed by atoms with Gasteiger partial charge in [-0.1, -0.05) is 6.07 Å². The number of nitrogens with one attached hydrogen (secondary N) is 2. The van der Waals surface area contributed by atoms with Gasteiger partial charge in [0.25, 0.3) is 0 Å². The molecule has 0 saturated heterocycles. The number of aryl methyl sites for hydroxylation is 1.